The lowest BCUT2D eigenvalue weighted by Gasteiger charge is -2.42. The minimum Gasteiger partial charge on any atom is -0.481 e. The fourth-order valence-electron chi connectivity index (χ4n) is 2.87. The van der Waals surface area contributed by atoms with E-state index in [0.717, 1.165) is 18.4 Å². The third-order valence-electron chi connectivity index (χ3n) is 4.42. The highest BCUT2D eigenvalue weighted by atomic mass is 16.5. The first-order chi connectivity index (χ1) is 11.4. The number of aliphatic carboxylic acids is 1. The van der Waals surface area contributed by atoms with Crippen LogP contribution >= 0.6 is 0 Å². The van der Waals surface area contributed by atoms with Crippen LogP contribution in [0.3, 0.4) is 0 Å². The van der Waals surface area contributed by atoms with Gasteiger partial charge in [-0.3, -0.25) is 14.5 Å². The number of benzene rings is 1. The van der Waals surface area contributed by atoms with E-state index in [2.05, 4.69) is 5.32 Å². The summed E-state index contributed by atoms with van der Waals surface area (Å²) in [6.07, 6.45) is 1.00. The van der Waals surface area contributed by atoms with Crippen LogP contribution in [0.2, 0.25) is 0 Å². The van der Waals surface area contributed by atoms with Crippen molar-refractivity contribution in [2.75, 3.05) is 13.1 Å². The van der Waals surface area contributed by atoms with E-state index in [1.807, 2.05) is 43.0 Å². The summed E-state index contributed by atoms with van der Waals surface area (Å²) in [4.78, 5) is 25.0. The lowest BCUT2D eigenvalue weighted by Crippen LogP contribution is -2.56. The molecule has 1 unspecified atom stereocenters. The quantitative estimate of drug-likeness (QED) is 0.758. The van der Waals surface area contributed by atoms with E-state index >= 15 is 0 Å². The minimum absolute atomic E-state index is 0.0504. The first-order valence-electron chi connectivity index (χ1n) is 8.38. The van der Waals surface area contributed by atoms with Crippen LogP contribution in [0.4, 0.5) is 0 Å². The summed E-state index contributed by atoms with van der Waals surface area (Å²) < 4.78 is 5.65. The summed E-state index contributed by atoms with van der Waals surface area (Å²) in [7, 11) is 0. The zero-order valence-corrected chi connectivity index (χ0v) is 14.5. The second kappa shape index (κ2) is 8.15. The van der Waals surface area contributed by atoms with Gasteiger partial charge >= 0.3 is 5.97 Å². The SMILES string of the molecule is CCN(CC(=O)O)C1CC(NC(=O)C(C)Oc2ccc(C)cc2)C1. The Bertz CT molecular complexity index is 567. The monoisotopic (exact) mass is 334 g/mol. The summed E-state index contributed by atoms with van der Waals surface area (Å²) in [5.41, 5.74) is 1.14. The summed E-state index contributed by atoms with van der Waals surface area (Å²) >= 11 is 0. The van der Waals surface area contributed by atoms with Crippen molar-refractivity contribution < 1.29 is 19.4 Å². The average Bonchev–Trinajstić information content (AvgIpc) is 2.50. The Morgan fingerprint density at radius 1 is 1.33 bits per heavy atom. The highest BCUT2D eigenvalue weighted by Gasteiger charge is 2.35. The maximum Gasteiger partial charge on any atom is 0.317 e. The Morgan fingerprint density at radius 3 is 2.50 bits per heavy atom. The van der Waals surface area contributed by atoms with Gasteiger partial charge in [-0.2, -0.15) is 0 Å². The number of carbonyl (C=O) groups is 2. The lowest BCUT2D eigenvalue weighted by molar-refractivity contribution is -0.140. The van der Waals surface area contributed by atoms with Crippen molar-refractivity contribution in [3.63, 3.8) is 0 Å². The molecule has 0 heterocycles. The molecule has 132 valence electrons. The molecule has 2 rings (SSSR count). The molecule has 6 heteroatoms. The number of ether oxygens (including phenoxy) is 1. The van der Waals surface area contributed by atoms with Gasteiger partial charge in [0, 0.05) is 12.1 Å². The smallest absolute Gasteiger partial charge is 0.317 e. The van der Waals surface area contributed by atoms with Crippen LogP contribution in [0.5, 0.6) is 5.75 Å². The number of hydrogen-bond donors (Lipinski definition) is 2. The molecule has 1 aromatic carbocycles. The number of carboxylic acid groups (broad SMARTS) is 1. The first kappa shape index (κ1) is 18.3. The van der Waals surface area contributed by atoms with E-state index in [1.165, 1.54) is 0 Å². The predicted octanol–water partition coefficient (Wildman–Crippen LogP) is 1.82. The van der Waals surface area contributed by atoms with Gasteiger partial charge in [0.15, 0.2) is 6.10 Å². The van der Waals surface area contributed by atoms with Crippen LogP contribution in [-0.2, 0) is 9.59 Å². The lowest BCUT2D eigenvalue weighted by atomic mass is 9.85. The maximum atomic E-state index is 12.2. The molecule has 0 aliphatic heterocycles. The number of likely N-dealkylation sites (N-methyl/N-ethyl adjacent to an activating group) is 1. The Hall–Kier alpha value is -2.08. The number of hydrogen-bond acceptors (Lipinski definition) is 4. The summed E-state index contributed by atoms with van der Waals surface area (Å²) in [6.45, 7) is 6.43. The number of nitrogens with one attached hydrogen (secondary N) is 1. The van der Waals surface area contributed by atoms with E-state index in [1.54, 1.807) is 6.92 Å². The third-order valence-corrected chi connectivity index (χ3v) is 4.42. The number of carbonyl (C=O) groups excluding carboxylic acids is 1. The largest absolute Gasteiger partial charge is 0.481 e. The normalized spacial score (nSPS) is 21.0. The highest BCUT2D eigenvalue weighted by Crippen LogP contribution is 2.25. The third kappa shape index (κ3) is 4.96. The average molecular weight is 334 g/mol. The second-order valence-corrected chi connectivity index (χ2v) is 6.36. The minimum atomic E-state index is -0.815. The van der Waals surface area contributed by atoms with E-state index < -0.39 is 12.1 Å². The summed E-state index contributed by atoms with van der Waals surface area (Å²) in [6, 6.07) is 7.91. The van der Waals surface area contributed by atoms with Crippen LogP contribution in [0.1, 0.15) is 32.3 Å². The second-order valence-electron chi connectivity index (χ2n) is 6.36. The van der Waals surface area contributed by atoms with Gasteiger partial charge in [0.05, 0.1) is 6.54 Å². The van der Waals surface area contributed by atoms with Gasteiger partial charge < -0.3 is 15.2 Å². The molecule has 1 saturated carbocycles. The van der Waals surface area contributed by atoms with Gasteiger partial charge in [-0.25, -0.2) is 0 Å². The zero-order valence-electron chi connectivity index (χ0n) is 14.5. The van der Waals surface area contributed by atoms with Crippen molar-refractivity contribution in [1.82, 2.24) is 10.2 Å². The molecule has 1 fully saturated rings. The van der Waals surface area contributed by atoms with Crippen molar-refractivity contribution in [2.24, 2.45) is 0 Å². The van der Waals surface area contributed by atoms with Crippen LogP contribution in [0.25, 0.3) is 0 Å². The Labute approximate surface area is 142 Å². The predicted molar refractivity (Wildman–Crippen MR) is 91.1 cm³/mol. The fraction of sp³-hybridized carbons (Fsp3) is 0.556. The first-order valence-corrected chi connectivity index (χ1v) is 8.38. The molecule has 1 amide bonds. The molecule has 1 aliphatic rings. The van der Waals surface area contributed by atoms with E-state index in [-0.39, 0.29) is 24.5 Å². The molecule has 0 radical (unpaired) electrons. The number of carboxylic acids is 1. The molecule has 1 atom stereocenters. The molecular weight excluding hydrogens is 308 g/mol. The molecule has 2 N–H and O–H groups in total. The highest BCUT2D eigenvalue weighted by molar-refractivity contribution is 5.81. The van der Waals surface area contributed by atoms with Crippen LogP contribution in [0, 0.1) is 6.92 Å². The van der Waals surface area contributed by atoms with Crippen molar-refractivity contribution in [2.45, 2.75) is 51.8 Å². The Balaban J connectivity index is 1.75. The van der Waals surface area contributed by atoms with Gasteiger partial charge in [0.25, 0.3) is 5.91 Å². The number of amides is 1. The molecule has 0 saturated heterocycles. The van der Waals surface area contributed by atoms with E-state index in [4.69, 9.17) is 9.84 Å². The number of rotatable bonds is 8. The molecule has 0 bridgehead atoms. The van der Waals surface area contributed by atoms with Gasteiger partial charge in [-0.05, 0) is 45.4 Å². The molecule has 24 heavy (non-hydrogen) atoms. The standard InChI is InChI=1S/C18H26N2O4/c1-4-20(11-17(21)22)15-9-14(10-15)19-18(23)13(3)24-16-7-5-12(2)6-8-16/h5-8,13-15H,4,9-11H2,1-3H3,(H,19,23)(H,21,22). The molecule has 6 nitrogen and oxygen atoms in total. The van der Waals surface area contributed by atoms with Crippen LogP contribution in [0.15, 0.2) is 24.3 Å². The van der Waals surface area contributed by atoms with E-state index in [9.17, 15) is 9.59 Å². The Kier molecular flexibility index (Phi) is 6.20. The maximum absolute atomic E-state index is 12.2. The van der Waals surface area contributed by atoms with Gasteiger partial charge in [-0.1, -0.05) is 24.6 Å². The topological polar surface area (TPSA) is 78.9 Å². The van der Waals surface area contributed by atoms with Crippen LogP contribution in [-0.4, -0.2) is 53.2 Å². The van der Waals surface area contributed by atoms with Gasteiger partial charge in [0.1, 0.15) is 5.75 Å². The molecule has 0 spiro atoms. The van der Waals surface area contributed by atoms with Crippen LogP contribution < -0.4 is 10.1 Å². The Morgan fingerprint density at radius 2 is 1.96 bits per heavy atom. The summed E-state index contributed by atoms with van der Waals surface area (Å²) in [5.74, 6) is -0.280. The molecule has 0 aromatic heterocycles. The molecule has 1 aliphatic carbocycles. The fourth-order valence-corrected chi connectivity index (χ4v) is 2.87. The molecular formula is C18H26N2O4. The number of aryl methyl sites for hydroxylation is 1. The van der Waals surface area contributed by atoms with E-state index in [0.29, 0.717) is 12.3 Å². The van der Waals surface area contributed by atoms with Crippen molar-refractivity contribution >= 4 is 11.9 Å². The molecule has 1 aromatic rings. The number of nitrogens with zero attached hydrogens (tertiary/aromatic N) is 1. The van der Waals surface area contributed by atoms with Gasteiger partial charge in [-0.15, -0.1) is 0 Å². The van der Waals surface area contributed by atoms with Crippen molar-refractivity contribution in [1.29, 1.82) is 0 Å². The summed E-state index contributed by atoms with van der Waals surface area (Å²) in [5, 5.41) is 11.9. The van der Waals surface area contributed by atoms with Crippen molar-refractivity contribution in [3.05, 3.63) is 29.8 Å². The van der Waals surface area contributed by atoms with Crippen molar-refractivity contribution in [3.8, 4) is 5.75 Å². The van der Waals surface area contributed by atoms with Gasteiger partial charge in [0.2, 0.25) is 0 Å². The zero-order chi connectivity index (χ0) is 17.7.